The lowest BCUT2D eigenvalue weighted by atomic mass is 9.97. The zero-order valence-corrected chi connectivity index (χ0v) is 19.3. The van der Waals surface area contributed by atoms with Crippen LogP contribution in [-0.2, 0) is 6.42 Å². The van der Waals surface area contributed by atoms with Gasteiger partial charge in [-0.25, -0.2) is 0 Å². The summed E-state index contributed by atoms with van der Waals surface area (Å²) in [5.41, 5.74) is 2.75. The second-order valence-corrected chi connectivity index (χ2v) is 8.67. The Morgan fingerprint density at radius 1 is 1.03 bits per heavy atom. The fourth-order valence-corrected chi connectivity index (χ4v) is 4.92. The van der Waals surface area contributed by atoms with Crippen molar-refractivity contribution in [3.05, 3.63) is 58.5 Å². The highest BCUT2D eigenvalue weighted by Crippen LogP contribution is 2.38. The molecule has 2 amide bonds. The molecule has 0 aliphatic heterocycles. The number of nitrogens with one attached hydrogen (secondary N) is 2. The van der Waals surface area contributed by atoms with Gasteiger partial charge in [-0.2, -0.15) is 0 Å². The molecule has 0 bridgehead atoms. The molecule has 6 nitrogen and oxygen atoms in total. The lowest BCUT2D eigenvalue weighted by molar-refractivity contribution is 0.0849. The standard InChI is InChI=1S/C25H30N2O4S/c1-3-16-14-22(25(31)27-13-7-8-17(29)15-28)32-23(16)20-11-5-10-19-18(20)9-6-12-21(19)24(30)26-4-2/h5-6,9-12,14,17,28-29H,3-4,7-8,13,15H2,1-2H3,(H,26,30)(H,27,31). The third-order valence-electron chi connectivity index (χ3n) is 5.37. The van der Waals surface area contributed by atoms with Crippen molar-refractivity contribution < 1.29 is 19.8 Å². The Hall–Kier alpha value is -2.74. The van der Waals surface area contributed by atoms with Crippen LogP contribution in [0.25, 0.3) is 21.2 Å². The van der Waals surface area contributed by atoms with Gasteiger partial charge in [-0.3, -0.25) is 9.59 Å². The number of aryl methyl sites for hydroxylation is 1. The highest BCUT2D eigenvalue weighted by Gasteiger charge is 2.18. The largest absolute Gasteiger partial charge is 0.394 e. The van der Waals surface area contributed by atoms with Gasteiger partial charge in [-0.1, -0.05) is 37.3 Å². The van der Waals surface area contributed by atoms with Crippen LogP contribution in [0.1, 0.15) is 52.3 Å². The molecule has 0 aliphatic rings. The first kappa shape index (κ1) is 23.9. The highest BCUT2D eigenvalue weighted by atomic mass is 32.1. The van der Waals surface area contributed by atoms with Gasteiger partial charge in [0.25, 0.3) is 11.8 Å². The number of aliphatic hydroxyl groups is 2. The van der Waals surface area contributed by atoms with Crippen molar-refractivity contribution in [1.29, 1.82) is 0 Å². The quantitative estimate of drug-likeness (QED) is 0.351. The predicted octanol–water partition coefficient (Wildman–Crippen LogP) is 3.74. The average Bonchev–Trinajstić information content (AvgIpc) is 3.25. The number of benzene rings is 2. The SMILES string of the molecule is CCNC(=O)c1cccc2c(-c3sc(C(=O)NCCCC(O)CO)cc3CC)cccc12. The first-order chi connectivity index (χ1) is 15.5. The van der Waals surface area contributed by atoms with Crippen LogP contribution in [0.2, 0.25) is 0 Å². The normalized spacial score (nSPS) is 12.0. The number of thiophene rings is 1. The maximum atomic E-state index is 12.7. The van der Waals surface area contributed by atoms with E-state index in [1.165, 1.54) is 11.3 Å². The number of fused-ring (bicyclic) bond motifs is 1. The predicted molar refractivity (Wildman–Crippen MR) is 129 cm³/mol. The Morgan fingerprint density at radius 2 is 1.78 bits per heavy atom. The molecule has 3 aromatic rings. The number of carbonyl (C=O) groups excluding carboxylic acids is 2. The monoisotopic (exact) mass is 454 g/mol. The second kappa shape index (κ2) is 11.2. The van der Waals surface area contributed by atoms with E-state index in [9.17, 15) is 14.7 Å². The molecular weight excluding hydrogens is 424 g/mol. The van der Waals surface area contributed by atoms with Crippen LogP contribution in [0.3, 0.4) is 0 Å². The molecule has 0 radical (unpaired) electrons. The molecular formula is C25H30N2O4S. The van der Waals surface area contributed by atoms with Crippen molar-refractivity contribution in [3.63, 3.8) is 0 Å². The Morgan fingerprint density at radius 3 is 2.50 bits per heavy atom. The first-order valence-electron chi connectivity index (χ1n) is 11.0. The van der Waals surface area contributed by atoms with Crippen molar-refractivity contribution in [1.82, 2.24) is 10.6 Å². The van der Waals surface area contributed by atoms with E-state index in [0.717, 1.165) is 33.2 Å². The molecule has 0 saturated carbocycles. The molecule has 3 rings (SSSR count). The van der Waals surface area contributed by atoms with Crippen LogP contribution in [0.4, 0.5) is 0 Å². The average molecular weight is 455 g/mol. The summed E-state index contributed by atoms with van der Waals surface area (Å²) >= 11 is 1.45. The van der Waals surface area contributed by atoms with E-state index >= 15 is 0 Å². The van der Waals surface area contributed by atoms with Gasteiger partial charge in [0.1, 0.15) is 0 Å². The molecule has 2 aromatic carbocycles. The Balaban J connectivity index is 1.90. The second-order valence-electron chi connectivity index (χ2n) is 7.62. The molecule has 0 aliphatic carbocycles. The van der Waals surface area contributed by atoms with Crippen molar-refractivity contribution in [3.8, 4) is 10.4 Å². The fourth-order valence-electron chi connectivity index (χ4n) is 3.71. The molecule has 1 unspecified atom stereocenters. The summed E-state index contributed by atoms with van der Waals surface area (Å²) in [7, 11) is 0. The molecule has 0 saturated heterocycles. The van der Waals surface area contributed by atoms with Gasteiger partial charge in [0.15, 0.2) is 0 Å². The number of hydrogen-bond acceptors (Lipinski definition) is 5. The van der Waals surface area contributed by atoms with Gasteiger partial charge in [0.05, 0.1) is 17.6 Å². The minimum absolute atomic E-state index is 0.0940. The number of rotatable bonds is 10. The van der Waals surface area contributed by atoms with Crippen LogP contribution in [-0.4, -0.2) is 47.8 Å². The third-order valence-corrected chi connectivity index (χ3v) is 6.58. The molecule has 0 spiro atoms. The summed E-state index contributed by atoms with van der Waals surface area (Å²) in [5, 5.41) is 25.9. The van der Waals surface area contributed by atoms with Crippen LogP contribution in [0.15, 0.2) is 42.5 Å². The summed E-state index contributed by atoms with van der Waals surface area (Å²) < 4.78 is 0. The first-order valence-corrected chi connectivity index (χ1v) is 11.8. The van der Waals surface area contributed by atoms with Crippen LogP contribution in [0.5, 0.6) is 0 Å². The van der Waals surface area contributed by atoms with Gasteiger partial charge >= 0.3 is 0 Å². The molecule has 0 fully saturated rings. The molecule has 32 heavy (non-hydrogen) atoms. The van der Waals surface area contributed by atoms with Crippen molar-refractivity contribution in [2.24, 2.45) is 0 Å². The topological polar surface area (TPSA) is 98.7 Å². The summed E-state index contributed by atoms with van der Waals surface area (Å²) in [6.07, 6.45) is 1.07. The van der Waals surface area contributed by atoms with Crippen LogP contribution in [0, 0.1) is 0 Å². The lowest BCUT2D eigenvalue weighted by Crippen LogP contribution is -2.25. The lowest BCUT2D eigenvalue weighted by Gasteiger charge is -2.11. The third kappa shape index (κ3) is 5.35. The van der Waals surface area contributed by atoms with Crippen LogP contribution >= 0.6 is 11.3 Å². The van der Waals surface area contributed by atoms with E-state index in [-0.39, 0.29) is 18.4 Å². The fraction of sp³-hybridized carbons (Fsp3) is 0.360. The maximum absolute atomic E-state index is 12.7. The minimum Gasteiger partial charge on any atom is -0.394 e. The zero-order chi connectivity index (χ0) is 23.1. The van der Waals surface area contributed by atoms with Gasteiger partial charge < -0.3 is 20.8 Å². The Kier molecular flexibility index (Phi) is 8.39. The molecule has 1 atom stereocenters. The van der Waals surface area contributed by atoms with Gasteiger partial charge in [-0.05, 0) is 60.2 Å². The summed E-state index contributed by atoms with van der Waals surface area (Å²) in [6.45, 7) is 4.70. The molecule has 4 N–H and O–H groups in total. The number of aliphatic hydroxyl groups excluding tert-OH is 2. The maximum Gasteiger partial charge on any atom is 0.261 e. The summed E-state index contributed by atoms with van der Waals surface area (Å²) in [6, 6.07) is 13.6. The van der Waals surface area contributed by atoms with E-state index in [1.807, 2.05) is 49.4 Å². The van der Waals surface area contributed by atoms with Crippen LogP contribution < -0.4 is 10.6 Å². The summed E-state index contributed by atoms with van der Waals surface area (Å²) in [4.78, 5) is 26.9. The Labute approximate surface area is 192 Å². The van der Waals surface area contributed by atoms with Crippen molar-refractivity contribution in [2.75, 3.05) is 19.7 Å². The smallest absolute Gasteiger partial charge is 0.261 e. The van der Waals surface area contributed by atoms with E-state index in [0.29, 0.717) is 36.4 Å². The van der Waals surface area contributed by atoms with E-state index in [1.54, 1.807) is 0 Å². The number of amides is 2. The van der Waals surface area contributed by atoms with Gasteiger partial charge in [0.2, 0.25) is 0 Å². The molecule has 1 aromatic heterocycles. The number of carbonyl (C=O) groups is 2. The van der Waals surface area contributed by atoms with Crippen molar-refractivity contribution >= 4 is 33.9 Å². The molecule has 7 heteroatoms. The van der Waals surface area contributed by atoms with E-state index in [2.05, 4.69) is 17.6 Å². The minimum atomic E-state index is -0.748. The zero-order valence-electron chi connectivity index (χ0n) is 18.5. The van der Waals surface area contributed by atoms with Gasteiger partial charge in [0, 0.05) is 23.5 Å². The van der Waals surface area contributed by atoms with Crippen molar-refractivity contribution in [2.45, 2.75) is 39.2 Å². The molecule has 1 heterocycles. The Bertz CT molecular complexity index is 1090. The summed E-state index contributed by atoms with van der Waals surface area (Å²) in [5.74, 6) is -0.235. The van der Waals surface area contributed by atoms with E-state index < -0.39 is 6.10 Å². The number of hydrogen-bond donors (Lipinski definition) is 4. The van der Waals surface area contributed by atoms with E-state index in [4.69, 9.17) is 5.11 Å². The van der Waals surface area contributed by atoms with Gasteiger partial charge in [-0.15, -0.1) is 11.3 Å². The highest BCUT2D eigenvalue weighted by molar-refractivity contribution is 7.17. The molecule has 170 valence electrons.